The predicted octanol–water partition coefficient (Wildman–Crippen LogP) is 3.04. The second kappa shape index (κ2) is 10.2. The molecule has 0 aromatic carbocycles. The van der Waals surface area contributed by atoms with E-state index in [0.717, 1.165) is 38.4 Å². The lowest BCUT2D eigenvalue weighted by Crippen LogP contribution is -2.39. The van der Waals surface area contributed by atoms with Crippen molar-refractivity contribution in [2.24, 2.45) is 5.92 Å². The van der Waals surface area contributed by atoms with Crippen LogP contribution in [0.2, 0.25) is 5.02 Å². The number of piperidine rings is 1. The normalized spacial score (nSPS) is 15.0. The van der Waals surface area contributed by atoms with Crippen molar-refractivity contribution >= 4 is 42.3 Å². The van der Waals surface area contributed by atoms with Gasteiger partial charge in [0.05, 0.1) is 10.6 Å². The van der Waals surface area contributed by atoms with Crippen molar-refractivity contribution < 1.29 is 4.79 Å². The number of carbonyl (C=O) groups excluding carboxylic acids is 1. The average molecular weight is 355 g/mol. The quantitative estimate of drug-likeness (QED) is 0.904. The zero-order valence-corrected chi connectivity index (χ0v) is 14.4. The first kappa shape index (κ1) is 20.5. The maximum absolute atomic E-state index is 12.3. The Morgan fingerprint density at radius 1 is 1.43 bits per heavy atom. The summed E-state index contributed by atoms with van der Waals surface area (Å²) >= 11 is 6.02. The van der Waals surface area contributed by atoms with Crippen LogP contribution in [0.3, 0.4) is 0 Å². The van der Waals surface area contributed by atoms with E-state index in [-0.39, 0.29) is 30.7 Å². The SMILES string of the molecule is CNCCC1CCN(C(=O)c2ccncc2Cl)CC1.Cl.Cl. The van der Waals surface area contributed by atoms with Gasteiger partial charge in [-0.3, -0.25) is 9.78 Å². The molecule has 1 aromatic heterocycles. The van der Waals surface area contributed by atoms with Crippen LogP contribution in [0.25, 0.3) is 0 Å². The number of amides is 1. The van der Waals surface area contributed by atoms with Crippen molar-refractivity contribution in [2.45, 2.75) is 19.3 Å². The van der Waals surface area contributed by atoms with E-state index in [9.17, 15) is 4.79 Å². The van der Waals surface area contributed by atoms with Crippen molar-refractivity contribution in [3.05, 3.63) is 29.0 Å². The minimum absolute atomic E-state index is 0. The fraction of sp³-hybridized carbons (Fsp3) is 0.571. The van der Waals surface area contributed by atoms with Gasteiger partial charge in [-0.1, -0.05) is 11.6 Å². The highest BCUT2D eigenvalue weighted by atomic mass is 35.5. The molecule has 7 heteroatoms. The zero-order chi connectivity index (χ0) is 13.7. The molecule has 1 aliphatic rings. The summed E-state index contributed by atoms with van der Waals surface area (Å²) in [5.74, 6) is 0.754. The number of likely N-dealkylation sites (tertiary alicyclic amines) is 1. The molecular weight excluding hydrogens is 333 g/mol. The minimum Gasteiger partial charge on any atom is -0.339 e. The van der Waals surface area contributed by atoms with Crippen LogP contribution >= 0.6 is 36.4 Å². The number of nitrogens with zero attached hydrogens (tertiary/aromatic N) is 2. The van der Waals surface area contributed by atoms with Gasteiger partial charge in [0.2, 0.25) is 0 Å². The van der Waals surface area contributed by atoms with Gasteiger partial charge in [-0.15, -0.1) is 24.8 Å². The molecule has 1 amide bonds. The van der Waals surface area contributed by atoms with Gasteiger partial charge in [0.15, 0.2) is 0 Å². The number of nitrogens with one attached hydrogen (secondary N) is 1. The Labute approximate surface area is 143 Å². The summed E-state index contributed by atoms with van der Waals surface area (Å²) in [6.45, 7) is 2.70. The second-order valence-electron chi connectivity index (χ2n) is 4.98. The minimum atomic E-state index is 0. The van der Waals surface area contributed by atoms with Crippen molar-refractivity contribution in [2.75, 3.05) is 26.7 Å². The topological polar surface area (TPSA) is 45.2 Å². The molecule has 4 nitrogen and oxygen atoms in total. The maximum atomic E-state index is 12.3. The molecular formula is C14H22Cl3N3O. The first-order chi connectivity index (χ1) is 9.22. The first-order valence-corrected chi connectivity index (χ1v) is 7.13. The van der Waals surface area contributed by atoms with E-state index in [1.54, 1.807) is 12.3 Å². The molecule has 120 valence electrons. The summed E-state index contributed by atoms with van der Waals surface area (Å²) in [4.78, 5) is 18.2. The molecule has 2 heterocycles. The van der Waals surface area contributed by atoms with Crippen LogP contribution in [0, 0.1) is 5.92 Å². The molecule has 1 saturated heterocycles. The van der Waals surface area contributed by atoms with Crippen LogP contribution in [0.1, 0.15) is 29.6 Å². The summed E-state index contributed by atoms with van der Waals surface area (Å²) in [7, 11) is 1.98. The number of pyridine rings is 1. The van der Waals surface area contributed by atoms with Crippen LogP contribution < -0.4 is 5.32 Å². The Kier molecular flexibility index (Phi) is 9.95. The van der Waals surface area contributed by atoms with Crippen molar-refractivity contribution in [3.8, 4) is 0 Å². The number of halogens is 3. The number of carbonyl (C=O) groups is 1. The molecule has 0 unspecified atom stereocenters. The van der Waals surface area contributed by atoms with E-state index in [1.807, 2.05) is 11.9 Å². The Bertz CT molecular complexity index is 437. The highest BCUT2D eigenvalue weighted by Crippen LogP contribution is 2.23. The lowest BCUT2D eigenvalue weighted by atomic mass is 9.93. The monoisotopic (exact) mass is 353 g/mol. The summed E-state index contributed by atoms with van der Waals surface area (Å²) in [6, 6.07) is 1.69. The van der Waals surface area contributed by atoms with E-state index >= 15 is 0 Å². The van der Waals surface area contributed by atoms with Gasteiger partial charge in [0.1, 0.15) is 0 Å². The Balaban J connectivity index is 0.00000200. The first-order valence-electron chi connectivity index (χ1n) is 6.75. The summed E-state index contributed by atoms with van der Waals surface area (Å²) in [5.41, 5.74) is 0.561. The van der Waals surface area contributed by atoms with Gasteiger partial charge in [-0.05, 0) is 44.8 Å². The molecule has 1 aromatic rings. The number of hydrogen-bond acceptors (Lipinski definition) is 3. The van der Waals surface area contributed by atoms with Gasteiger partial charge in [-0.2, -0.15) is 0 Å². The van der Waals surface area contributed by atoms with Crippen LogP contribution in [-0.4, -0.2) is 42.5 Å². The van der Waals surface area contributed by atoms with Gasteiger partial charge >= 0.3 is 0 Å². The van der Waals surface area contributed by atoms with Crippen molar-refractivity contribution in [1.82, 2.24) is 15.2 Å². The summed E-state index contributed by atoms with van der Waals surface area (Å²) in [6.07, 6.45) is 6.48. The molecule has 0 saturated carbocycles. The van der Waals surface area contributed by atoms with Crippen LogP contribution in [0.5, 0.6) is 0 Å². The van der Waals surface area contributed by atoms with E-state index in [1.165, 1.54) is 12.6 Å². The standard InChI is InChI=1S/C14H20ClN3O.2ClH/c1-16-6-2-11-4-8-18(9-5-11)14(19)12-3-7-17-10-13(12)15;;/h3,7,10-11,16H,2,4-6,8-9H2,1H3;2*1H. The average Bonchev–Trinajstić information content (AvgIpc) is 2.45. The van der Waals surface area contributed by atoms with Gasteiger partial charge in [0.25, 0.3) is 5.91 Å². The second-order valence-corrected chi connectivity index (χ2v) is 5.39. The molecule has 21 heavy (non-hydrogen) atoms. The molecule has 0 radical (unpaired) electrons. The highest BCUT2D eigenvalue weighted by Gasteiger charge is 2.24. The predicted molar refractivity (Wildman–Crippen MR) is 90.9 cm³/mol. The van der Waals surface area contributed by atoms with E-state index in [4.69, 9.17) is 11.6 Å². The summed E-state index contributed by atoms with van der Waals surface area (Å²) in [5, 5.41) is 3.61. The third-order valence-corrected chi connectivity index (χ3v) is 4.01. The molecule has 0 aliphatic carbocycles. The fourth-order valence-corrected chi connectivity index (χ4v) is 2.69. The van der Waals surface area contributed by atoms with Gasteiger partial charge in [-0.25, -0.2) is 0 Å². The van der Waals surface area contributed by atoms with E-state index in [0.29, 0.717) is 10.6 Å². The molecule has 0 spiro atoms. The van der Waals surface area contributed by atoms with Gasteiger partial charge in [0, 0.05) is 25.5 Å². The largest absolute Gasteiger partial charge is 0.339 e. The third-order valence-electron chi connectivity index (χ3n) is 3.71. The Morgan fingerprint density at radius 2 is 2.10 bits per heavy atom. The Hall–Kier alpha value is -0.550. The van der Waals surface area contributed by atoms with Gasteiger partial charge < -0.3 is 10.2 Å². The molecule has 1 fully saturated rings. The maximum Gasteiger partial charge on any atom is 0.255 e. The molecule has 0 atom stereocenters. The van der Waals surface area contributed by atoms with Crippen LogP contribution in [-0.2, 0) is 0 Å². The Morgan fingerprint density at radius 3 is 2.67 bits per heavy atom. The molecule has 0 bridgehead atoms. The lowest BCUT2D eigenvalue weighted by molar-refractivity contribution is 0.0687. The van der Waals surface area contributed by atoms with Crippen LogP contribution in [0.4, 0.5) is 0 Å². The van der Waals surface area contributed by atoms with Crippen LogP contribution in [0.15, 0.2) is 18.5 Å². The molecule has 1 aliphatic heterocycles. The zero-order valence-electron chi connectivity index (χ0n) is 12.0. The number of rotatable bonds is 4. The summed E-state index contributed by atoms with van der Waals surface area (Å²) < 4.78 is 0. The third kappa shape index (κ3) is 5.62. The number of aromatic nitrogens is 1. The van der Waals surface area contributed by atoms with E-state index in [2.05, 4.69) is 10.3 Å². The highest BCUT2D eigenvalue weighted by molar-refractivity contribution is 6.33. The molecule has 2 rings (SSSR count). The van der Waals surface area contributed by atoms with Crippen molar-refractivity contribution in [1.29, 1.82) is 0 Å². The number of hydrogen-bond donors (Lipinski definition) is 1. The molecule has 1 N–H and O–H groups in total. The lowest BCUT2D eigenvalue weighted by Gasteiger charge is -2.32. The smallest absolute Gasteiger partial charge is 0.255 e. The van der Waals surface area contributed by atoms with E-state index < -0.39 is 0 Å². The van der Waals surface area contributed by atoms with Crippen molar-refractivity contribution in [3.63, 3.8) is 0 Å². The fourth-order valence-electron chi connectivity index (χ4n) is 2.49.